The van der Waals surface area contributed by atoms with Gasteiger partial charge in [-0.2, -0.15) is 0 Å². The number of pyridine rings is 1. The summed E-state index contributed by atoms with van der Waals surface area (Å²) in [5, 5.41) is 5.48. The third kappa shape index (κ3) is 5.41. The third-order valence-electron chi connectivity index (χ3n) is 3.08. The zero-order valence-corrected chi connectivity index (χ0v) is 13.4. The summed E-state index contributed by atoms with van der Waals surface area (Å²) in [5.41, 5.74) is -0.0334. The Balaban J connectivity index is 2.63. The number of hydrogen-bond acceptors (Lipinski definition) is 4. The van der Waals surface area contributed by atoms with Gasteiger partial charge in [0.25, 0.3) is 5.91 Å². The lowest BCUT2D eigenvalue weighted by atomic mass is 10.2. The molecule has 0 aromatic carbocycles. The molecule has 1 rings (SSSR count). The maximum Gasteiger partial charge on any atom is 0.254 e. The molecule has 7 heteroatoms. The number of amides is 1. The minimum Gasteiger partial charge on any atom is -0.368 e. The lowest BCUT2D eigenvalue weighted by molar-refractivity contribution is 0.0949. The number of carbonyl (C=O) groups is 1. The predicted molar refractivity (Wildman–Crippen MR) is 83.5 cm³/mol. The Morgan fingerprint density at radius 1 is 1.48 bits per heavy atom. The molecule has 1 amide bonds. The van der Waals surface area contributed by atoms with E-state index in [-0.39, 0.29) is 16.6 Å². The predicted octanol–water partition coefficient (Wildman–Crippen LogP) is 1.93. The van der Waals surface area contributed by atoms with Gasteiger partial charge >= 0.3 is 0 Å². The van der Waals surface area contributed by atoms with Gasteiger partial charge in [-0.1, -0.05) is 13.8 Å². The van der Waals surface area contributed by atoms with E-state index in [0.717, 1.165) is 6.42 Å². The van der Waals surface area contributed by atoms with Gasteiger partial charge in [-0.05, 0) is 18.9 Å². The largest absolute Gasteiger partial charge is 0.368 e. The van der Waals surface area contributed by atoms with Crippen LogP contribution < -0.4 is 10.6 Å². The molecule has 1 aromatic heterocycles. The molecule has 0 aliphatic rings. The molecule has 0 spiro atoms. The molecular weight excluding hydrogens is 293 g/mol. The molecule has 5 nitrogen and oxygen atoms in total. The fourth-order valence-electron chi connectivity index (χ4n) is 1.64. The van der Waals surface area contributed by atoms with Gasteiger partial charge in [0.1, 0.15) is 0 Å². The van der Waals surface area contributed by atoms with Crippen LogP contribution in [0.2, 0.25) is 0 Å². The van der Waals surface area contributed by atoms with Crippen LogP contribution in [0.1, 0.15) is 37.0 Å². The Hall–Kier alpha value is -1.50. The third-order valence-corrected chi connectivity index (χ3v) is 4.45. The Morgan fingerprint density at radius 2 is 2.19 bits per heavy atom. The molecule has 1 heterocycles. The first kappa shape index (κ1) is 17.6. The number of aromatic nitrogens is 1. The number of nitrogens with zero attached hydrogens (tertiary/aromatic N) is 1. The van der Waals surface area contributed by atoms with Gasteiger partial charge in [0.05, 0.1) is 5.56 Å². The van der Waals surface area contributed by atoms with Gasteiger partial charge in [-0.15, -0.1) is 0 Å². The maximum absolute atomic E-state index is 14.1. The summed E-state index contributed by atoms with van der Waals surface area (Å²) in [4.78, 5) is 15.8. The summed E-state index contributed by atoms with van der Waals surface area (Å²) in [5.74, 6) is -1.04. The maximum atomic E-state index is 14.1. The molecule has 1 aromatic rings. The van der Waals surface area contributed by atoms with E-state index >= 15 is 0 Å². The van der Waals surface area contributed by atoms with E-state index in [1.807, 2.05) is 13.8 Å². The van der Waals surface area contributed by atoms with Crippen molar-refractivity contribution in [2.24, 2.45) is 0 Å². The second-order valence-corrected chi connectivity index (χ2v) is 6.60. The molecule has 2 unspecified atom stereocenters. The number of halogens is 1. The first-order chi connectivity index (χ1) is 9.97. The number of nitrogens with one attached hydrogen (secondary N) is 2. The zero-order valence-electron chi connectivity index (χ0n) is 12.6. The van der Waals surface area contributed by atoms with Crippen LogP contribution >= 0.6 is 0 Å². The molecule has 0 fully saturated rings. The molecule has 0 aliphatic carbocycles. The second-order valence-electron chi connectivity index (χ2n) is 4.80. The van der Waals surface area contributed by atoms with E-state index in [1.54, 1.807) is 6.26 Å². The molecule has 118 valence electrons. The molecule has 0 radical (unpaired) electrons. The van der Waals surface area contributed by atoms with Gasteiger partial charge in [0, 0.05) is 41.6 Å². The van der Waals surface area contributed by atoms with Gasteiger partial charge in [0.2, 0.25) is 0 Å². The molecule has 2 atom stereocenters. The van der Waals surface area contributed by atoms with Crippen molar-refractivity contribution in [1.82, 2.24) is 10.3 Å². The Morgan fingerprint density at radius 3 is 2.81 bits per heavy atom. The normalized spacial score (nSPS) is 13.5. The SMILES string of the molecule is CCCNc1nccc(C(=O)NCCC(C)S(C)=O)c1F. The summed E-state index contributed by atoms with van der Waals surface area (Å²) < 4.78 is 25.3. The van der Waals surface area contributed by atoms with E-state index in [9.17, 15) is 13.4 Å². The monoisotopic (exact) mass is 315 g/mol. The van der Waals surface area contributed by atoms with E-state index in [4.69, 9.17) is 0 Å². The van der Waals surface area contributed by atoms with Gasteiger partial charge in [0.15, 0.2) is 11.6 Å². The van der Waals surface area contributed by atoms with Crippen LogP contribution in [-0.2, 0) is 10.8 Å². The fraction of sp³-hybridized carbons (Fsp3) is 0.571. The van der Waals surface area contributed by atoms with Crippen LogP contribution in [0.3, 0.4) is 0 Å². The van der Waals surface area contributed by atoms with Crippen molar-refractivity contribution in [3.63, 3.8) is 0 Å². The van der Waals surface area contributed by atoms with Crippen molar-refractivity contribution in [2.75, 3.05) is 24.7 Å². The molecule has 21 heavy (non-hydrogen) atoms. The second kappa shape index (κ2) is 8.71. The van der Waals surface area contributed by atoms with Crippen LogP contribution in [0.4, 0.5) is 10.2 Å². The number of carbonyl (C=O) groups excluding carboxylic acids is 1. The highest BCUT2D eigenvalue weighted by Gasteiger charge is 2.16. The summed E-state index contributed by atoms with van der Waals surface area (Å²) >= 11 is 0. The highest BCUT2D eigenvalue weighted by molar-refractivity contribution is 7.84. The number of rotatable bonds is 8. The highest BCUT2D eigenvalue weighted by atomic mass is 32.2. The first-order valence-electron chi connectivity index (χ1n) is 6.96. The summed E-state index contributed by atoms with van der Waals surface area (Å²) in [6.07, 6.45) is 4.45. The molecule has 0 aliphatic heterocycles. The smallest absolute Gasteiger partial charge is 0.254 e. The van der Waals surface area contributed by atoms with E-state index < -0.39 is 22.5 Å². The van der Waals surface area contributed by atoms with Gasteiger partial charge < -0.3 is 10.6 Å². The van der Waals surface area contributed by atoms with Crippen LogP contribution in [-0.4, -0.2) is 39.7 Å². The minimum absolute atomic E-state index is 0.00521. The molecule has 0 saturated heterocycles. The minimum atomic E-state index is -0.927. The van der Waals surface area contributed by atoms with Crippen molar-refractivity contribution in [3.8, 4) is 0 Å². The Kier molecular flexibility index (Phi) is 7.28. The standard InChI is InChI=1S/C14H22FN3O2S/c1-4-7-16-13-12(15)11(6-9-17-13)14(19)18-8-5-10(2)21(3)20/h6,9-10H,4-5,7-8H2,1-3H3,(H,16,17)(H,18,19). The number of hydrogen-bond donors (Lipinski definition) is 2. The highest BCUT2D eigenvalue weighted by Crippen LogP contribution is 2.15. The topological polar surface area (TPSA) is 71.1 Å². The van der Waals surface area contributed by atoms with Crippen LogP contribution in [0, 0.1) is 5.82 Å². The lowest BCUT2D eigenvalue weighted by Crippen LogP contribution is -2.28. The van der Waals surface area contributed by atoms with Crippen LogP contribution in [0.25, 0.3) is 0 Å². The fourth-order valence-corrected chi connectivity index (χ4v) is 2.09. The lowest BCUT2D eigenvalue weighted by Gasteiger charge is -2.11. The van der Waals surface area contributed by atoms with Crippen molar-refractivity contribution in [1.29, 1.82) is 0 Å². The Bertz CT molecular complexity index is 511. The number of anilines is 1. The van der Waals surface area contributed by atoms with E-state index in [2.05, 4.69) is 15.6 Å². The molecule has 0 saturated carbocycles. The average Bonchev–Trinajstić information content (AvgIpc) is 2.45. The van der Waals surface area contributed by atoms with Crippen LogP contribution in [0.15, 0.2) is 12.3 Å². The zero-order chi connectivity index (χ0) is 15.8. The van der Waals surface area contributed by atoms with Crippen LogP contribution in [0.5, 0.6) is 0 Å². The van der Waals surface area contributed by atoms with Crippen molar-refractivity contribution >= 4 is 22.5 Å². The molecule has 2 N–H and O–H groups in total. The quantitative estimate of drug-likeness (QED) is 0.769. The van der Waals surface area contributed by atoms with Crippen molar-refractivity contribution < 1.29 is 13.4 Å². The summed E-state index contributed by atoms with van der Waals surface area (Å²) in [6, 6.07) is 1.35. The van der Waals surface area contributed by atoms with Crippen molar-refractivity contribution in [2.45, 2.75) is 31.9 Å². The first-order valence-corrected chi connectivity index (χ1v) is 8.58. The molecular formula is C14H22FN3O2S. The van der Waals surface area contributed by atoms with Crippen molar-refractivity contribution in [3.05, 3.63) is 23.6 Å². The molecule has 0 bridgehead atoms. The Labute approximate surface area is 127 Å². The summed E-state index contributed by atoms with van der Waals surface area (Å²) in [7, 11) is -0.927. The van der Waals surface area contributed by atoms with E-state index in [0.29, 0.717) is 19.5 Å². The van der Waals surface area contributed by atoms with E-state index in [1.165, 1.54) is 12.3 Å². The summed E-state index contributed by atoms with van der Waals surface area (Å²) in [6.45, 7) is 4.76. The van der Waals surface area contributed by atoms with Gasteiger partial charge in [-0.3, -0.25) is 9.00 Å². The average molecular weight is 315 g/mol. The van der Waals surface area contributed by atoms with Gasteiger partial charge in [-0.25, -0.2) is 9.37 Å².